The molecule has 0 amide bonds. The Balaban J connectivity index is 2.15. The molecule has 0 fully saturated rings. The Morgan fingerprint density at radius 1 is 1.10 bits per heavy atom. The molecule has 0 N–H and O–H groups in total. The molecule has 3 aromatic rings. The average Bonchev–Trinajstić information content (AvgIpc) is 2.55. The quantitative estimate of drug-likeness (QED) is 0.542. The zero-order chi connectivity index (χ0) is 14.7. The molecule has 5 heteroatoms. The van der Waals surface area contributed by atoms with E-state index in [1.54, 1.807) is 12.3 Å². The van der Waals surface area contributed by atoms with E-state index in [-0.39, 0.29) is 5.56 Å². The predicted octanol–water partition coefficient (Wildman–Crippen LogP) is 3.17. The molecule has 0 aliphatic heterocycles. The highest BCUT2D eigenvalue weighted by atomic mass is 79.9. The van der Waals surface area contributed by atoms with Crippen molar-refractivity contribution in [2.75, 3.05) is 0 Å². The first-order valence-corrected chi connectivity index (χ1v) is 7.58. The molecule has 0 saturated heterocycles. The van der Waals surface area contributed by atoms with Crippen LogP contribution < -0.4 is 5.56 Å². The maximum atomic E-state index is 12.5. The monoisotopic (exact) mass is 341 g/mol. The minimum Gasteiger partial charge on any atom is -0.267 e. The Bertz CT molecular complexity index is 856. The summed E-state index contributed by atoms with van der Waals surface area (Å²) in [5, 5.41) is 5.30. The molecule has 0 atom stereocenters. The van der Waals surface area contributed by atoms with Gasteiger partial charge < -0.3 is 0 Å². The number of nitrogens with zero attached hydrogens (tertiary/aromatic N) is 3. The fourth-order valence-electron chi connectivity index (χ4n) is 2.04. The molecule has 0 unspecified atom stereocenters. The standard InChI is InChI=1S/C16H12BrN3O/c17-10-15-19-14-9-5-4-8-13(14)16(21)20(15)18-11-12-6-2-1-3-7-12/h1-9,11H,10H2/b18-11+. The van der Waals surface area contributed by atoms with Crippen LogP contribution in [0.2, 0.25) is 0 Å². The third-order valence-electron chi connectivity index (χ3n) is 3.06. The number of rotatable bonds is 3. The normalized spacial score (nSPS) is 11.3. The number of aromatic nitrogens is 2. The van der Waals surface area contributed by atoms with Gasteiger partial charge in [-0.1, -0.05) is 58.4 Å². The van der Waals surface area contributed by atoms with Gasteiger partial charge in [-0.3, -0.25) is 4.79 Å². The Morgan fingerprint density at radius 2 is 1.81 bits per heavy atom. The molecule has 0 saturated carbocycles. The van der Waals surface area contributed by atoms with Gasteiger partial charge in [0.25, 0.3) is 5.56 Å². The van der Waals surface area contributed by atoms with E-state index in [1.165, 1.54) is 4.68 Å². The fourth-order valence-corrected chi connectivity index (χ4v) is 2.40. The van der Waals surface area contributed by atoms with Gasteiger partial charge in [0.15, 0.2) is 0 Å². The van der Waals surface area contributed by atoms with Crippen LogP contribution >= 0.6 is 15.9 Å². The number of para-hydroxylation sites is 1. The summed E-state index contributed by atoms with van der Waals surface area (Å²) in [6.07, 6.45) is 1.66. The lowest BCUT2D eigenvalue weighted by Crippen LogP contribution is -2.21. The van der Waals surface area contributed by atoms with E-state index >= 15 is 0 Å². The Hall–Kier alpha value is -2.27. The first-order valence-electron chi connectivity index (χ1n) is 6.45. The average molecular weight is 342 g/mol. The highest BCUT2D eigenvalue weighted by Gasteiger charge is 2.08. The third kappa shape index (κ3) is 2.78. The van der Waals surface area contributed by atoms with Crippen LogP contribution in [0.3, 0.4) is 0 Å². The fraction of sp³-hybridized carbons (Fsp3) is 0.0625. The van der Waals surface area contributed by atoms with Crippen molar-refractivity contribution in [1.82, 2.24) is 9.66 Å². The van der Waals surface area contributed by atoms with Gasteiger partial charge in [0, 0.05) is 0 Å². The summed E-state index contributed by atoms with van der Waals surface area (Å²) in [4.78, 5) is 17.0. The summed E-state index contributed by atoms with van der Waals surface area (Å²) >= 11 is 3.36. The Kier molecular flexibility index (Phi) is 3.92. The molecule has 0 radical (unpaired) electrons. The molecule has 1 aromatic heterocycles. The maximum Gasteiger partial charge on any atom is 0.282 e. The molecule has 2 aromatic carbocycles. The van der Waals surface area contributed by atoms with Crippen LogP contribution in [0.4, 0.5) is 0 Å². The second kappa shape index (κ2) is 6.01. The molecule has 104 valence electrons. The molecule has 21 heavy (non-hydrogen) atoms. The zero-order valence-electron chi connectivity index (χ0n) is 11.1. The van der Waals surface area contributed by atoms with Crippen LogP contribution in [0.5, 0.6) is 0 Å². The summed E-state index contributed by atoms with van der Waals surface area (Å²) in [6.45, 7) is 0. The topological polar surface area (TPSA) is 47.2 Å². The lowest BCUT2D eigenvalue weighted by atomic mass is 10.2. The van der Waals surface area contributed by atoms with E-state index in [0.29, 0.717) is 22.1 Å². The number of fused-ring (bicyclic) bond motifs is 1. The van der Waals surface area contributed by atoms with Gasteiger partial charge in [0.2, 0.25) is 0 Å². The molecule has 4 nitrogen and oxygen atoms in total. The predicted molar refractivity (Wildman–Crippen MR) is 88.1 cm³/mol. The second-order valence-corrected chi connectivity index (χ2v) is 5.01. The van der Waals surface area contributed by atoms with Crippen LogP contribution in [0.15, 0.2) is 64.5 Å². The number of benzene rings is 2. The molecule has 0 bridgehead atoms. The zero-order valence-corrected chi connectivity index (χ0v) is 12.7. The number of hydrogen-bond donors (Lipinski definition) is 0. The van der Waals surface area contributed by atoms with Crippen LogP contribution in [-0.2, 0) is 5.33 Å². The van der Waals surface area contributed by atoms with Crippen LogP contribution in [0.1, 0.15) is 11.4 Å². The molecular weight excluding hydrogens is 330 g/mol. The van der Waals surface area contributed by atoms with Crippen molar-refractivity contribution >= 4 is 33.0 Å². The highest BCUT2D eigenvalue weighted by Crippen LogP contribution is 2.10. The highest BCUT2D eigenvalue weighted by molar-refractivity contribution is 9.08. The summed E-state index contributed by atoms with van der Waals surface area (Å²) in [5.74, 6) is 0.575. The Morgan fingerprint density at radius 3 is 2.57 bits per heavy atom. The van der Waals surface area contributed by atoms with Crippen LogP contribution in [0, 0.1) is 0 Å². The van der Waals surface area contributed by atoms with Gasteiger partial charge >= 0.3 is 0 Å². The van der Waals surface area contributed by atoms with Crippen molar-refractivity contribution in [2.45, 2.75) is 5.33 Å². The number of hydrogen-bond acceptors (Lipinski definition) is 3. The number of alkyl halides is 1. The molecule has 0 aliphatic carbocycles. The van der Waals surface area contributed by atoms with Gasteiger partial charge in [-0.25, -0.2) is 4.98 Å². The lowest BCUT2D eigenvalue weighted by Gasteiger charge is -2.06. The lowest BCUT2D eigenvalue weighted by molar-refractivity contribution is 0.766. The van der Waals surface area contributed by atoms with Crippen molar-refractivity contribution in [3.63, 3.8) is 0 Å². The summed E-state index contributed by atoms with van der Waals surface area (Å²) in [5.41, 5.74) is 1.45. The SMILES string of the molecule is O=c1c2ccccc2nc(CBr)n1/N=C/c1ccccc1. The van der Waals surface area contributed by atoms with Crippen molar-refractivity contribution in [1.29, 1.82) is 0 Å². The molecule has 1 heterocycles. The summed E-state index contributed by atoms with van der Waals surface area (Å²) in [7, 11) is 0. The third-order valence-corrected chi connectivity index (χ3v) is 3.56. The number of halogens is 1. The Labute approximate surface area is 129 Å². The van der Waals surface area contributed by atoms with Crippen LogP contribution in [0.25, 0.3) is 10.9 Å². The van der Waals surface area contributed by atoms with Gasteiger partial charge in [-0.05, 0) is 17.7 Å². The minimum atomic E-state index is -0.165. The minimum absolute atomic E-state index is 0.165. The van der Waals surface area contributed by atoms with Crippen molar-refractivity contribution in [3.05, 3.63) is 76.3 Å². The van der Waals surface area contributed by atoms with E-state index in [2.05, 4.69) is 26.0 Å². The van der Waals surface area contributed by atoms with Gasteiger partial charge in [-0.2, -0.15) is 9.78 Å². The summed E-state index contributed by atoms with van der Waals surface area (Å²) in [6, 6.07) is 16.9. The first-order chi connectivity index (χ1) is 10.3. The van der Waals surface area contributed by atoms with Crippen molar-refractivity contribution < 1.29 is 0 Å². The summed E-state index contributed by atoms with van der Waals surface area (Å²) < 4.78 is 1.34. The van der Waals surface area contributed by atoms with E-state index in [0.717, 1.165) is 5.56 Å². The maximum absolute atomic E-state index is 12.5. The van der Waals surface area contributed by atoms with E-state index in [4.69, 9.17) is 0 Å². The van der Waals surface area contributed by atoms with Crippen LogP contribution in [-0.4, -0.2) is 15.9 Å². The van der Waals surface area contributed by atoms with Crippen molar-refractivity contribution in [3.8, 4) is 0 Å². The van der Waals surface area contributed by atoms with Gasteiger partial charge in [-0.15, -0.1) is 0 Å². The first kappa shape index (κ1) is 13.7. The molecule has 0 aliphatic rings. The van der Waals surface area contributed by atoms with Gasteiger partial charge in [0.05, 0.1) is 22.4 Å². The van der Waals surface area contributed by atoms with E-state index in [1.807, 2.05) is 48.5 Å². The largest absolute Gasteiger partial charge is 0.282 e. The van der Waals surface area contributed by atoms with Gasteiger partial charge in [0.1, 0.15) is 5.82 Å². The van der Waals surface area contributed by atoms with E-state index in [9.17, 15) is 4.79 Å². The smallest absolute Gasteiger partial charge is 0.267 e. The molecular formula is C16H12BrN3O. The van der Waals surface area contributed by atoms with E-state index < -0.39 is 0 Å². The second-order valence-electron chi connectivity index (χ2n) is 4.45. The molecule has 0 spiro atoms. The molecule has 3 rings (SSSR count). The van der Waals surface area contributed by atoms with Crippen molar-refractivity contribution in [2.24, 2.45) is 5.10 Å².